The second-order valence-corrected chi connectivity index (χ2v) is 9.04. The van der Waals surface area contributed by atoms with Gasteiger partial charge < -0.3 is 15.0 Å². The van der Waals surface area contributed by atoms with Gasteiger partial charge in [-0.2, -0.15) is 5.10 Å². The summed E-state index contributed by atoms with van der Waals surface area (Å²) in [5.41, 5.74) is 4.56. The predicted octanol–water partition coefficient (Wildman–Crippen LogP) is 3.33. The van der Waals surface area contributed by atoms with E-state index in [2.05, 4.69) is 32.6 Å². The molecule has 0 aliphatic carbocycles. The number of nitrogens with zero attached hydrogens (tertiary/aromatic N) is 4. The summed E-state index contributed by atoms with van der Waals surface area (Å²) in [5, 5.41) is 12.8. The van der Waals surface area contributed by atoms with Gasteiger partial charge in [-0.1, -0.05) is 30.3 Å². The molecule has 9 heteroatoms. The molecule has 5 rings (SSSR count). The molecule has 0 spiro atoms. The summed E-state index contributed by atoms with van der Waals surface area (Å²) in [4.78, 5) is 20.7. The number of fused-ring (bicyclic) bond motifs is 1. The highest BCUT2D eigenvalue weighted by Crippen LogP contribution is 2.23. The van der Waals surface area contributed by atoms with Gasteiger partial charge in [-0.25, -0.2) is 4.98 Å². The fourth-order valence-corrected chi connectivity index (χ4v) is 5.01. The van der Waals surface area contributed by atoms with Crippen molar-refractivity contribution in [1.29, 1.82) is 0 Å². The standard InChI is InChI=1S/C23H26N6O2S/c1-15-13-28(14-16(2)31-15)22(30)21-19(29-8-9-32-23(29)26-21)12-24-10-18-11-25-27-20(18)17-6-4-3-5-7-17/h3-9,11,15-16,24H,10,12-14H2,1-2H3,(H,25,27)/t15-,16+. The summed E-state index contributed by atoms with van der Waals surface area (Å²) < 4.78 is 7.80. The Morgan fingerprint density at radius 2 is 2.00 bits per heavy atom. The molecule has 4 aromatic rings. The first kappa shape index (κ1) is 20.9. The summed E-state index contributed by atoms with van der Waals surface area (Å²) in [7, 11) is 0. The molecule has 3 aromatic heterocycles. The van der Waals surface area contributed by atoms with Gasteiger partial charge in [-0.3, -0.25) is 14.3 Å². The molecule has 1 fully saturated rings. The molecular weight excluding hydrogens is 424 g/mol. The maximum atomic E-state index is 13.4. The van der Waals surface area contributed by atoms with E-state index >= 15 is 0 Å². The van der Waals surface area contributed by atoms with Crippen LogP contribution in [0.2, 0.25) is 0 Å². The highest BCUT2D eigenvalue weighted by molar-refractivity contribution is 7.15. The number of ether oxygens (including phenoxy) is 1. The van der Waals surface area contributed by atoms with Crippen LogP contribution < -0.4 is 5.32 Å². The van der Waals surface area contributed by atoms with Crippen molar-refractivity contribution in [2.24, 2.45) is 0 Å². The molecule has 1 saturated heterocycles. The molecule has 2 atom stereocenters. The average molecular weight is 451 g/mol. The van der Waals surface area contributed by atoms with E-state index < -0.39 is 0 Å². The van der Waals surface area contributed by atoms with Gasteiger partial charge in [0.05, 0.1) is 29.8 Å². The third-order valence-electron chi connectivity index (χ3n) is 5.66. The van der Waals surface area contributed by atoms with Crippen molar-refractivity contribution in [2.75, 3.05) is 13.1 Å². The first-order valence-electron chi connectivity index (χ1n) is 10.8. The van der Waals surface area contributed by atoms with Crippen molar-refractivity contribution in [1.82, 2.24) is 29.8 Å². The van der Waals surface area contributed by atoms with Crippen molar-refractivity contribution in [3.63, 3.8) is 0 Å². The van der Waals surface area contributed by atoms with Crippen LogP contribution in [0.4, 0.5) is 0 Å². The molecule has 0 unspecified atom stereocenters. The van der Waals surface area contributed by atoms with Crippen molar-refractivity contribution >= 4 is 22.2 Å². The summed E-state index contributed by atoms with van der Waals surface area (Å²) in [5.74, 6) is -0.0343. The number of carbonyl (C=O) groups excluding carboxylic acids is 1. The van der Waals surface area contributed by atoms with Crippen LogP contribution >= 0.6 is 11.3 Å². The SMILES string of the molecule is C[C@@H]1CN(C(=O)c2nc3sccn3c2CNCc2cn[nH]c2-c2ccccc2)C[C@H](C)O1. The van der Waals surface area contributed by atoms with E-state index in [0.717, 1.165) is 27.5 Å². The van der Waals surface area contributed by atoms with Crippen LogP contribution in [0.1, 0.15) is 35.6 Å². The number of hydrogen-bond donors (Lipinski definition) is 2. The lowest BCUT2D eigenvalue weighted by Crippen LogP contribution is -2.48. The number of rotatable bonds is 6. The normalized spacial score (nSPS) is 19.0. The smallest absolute Gasteiger partial charge is 0.274 e. The number of nitrogens with one attached hydrogen (secondary N) is 2. The molecule has 4 heterocycles. The van der Waals surface area contributed by atoms with E-state index in [1.165, 1.54) is 11.3 Å². The molecule has 1 aromatic carbocycles. The molecule has 0 radical (unpaired) electrons. The maximum absolute atomic E-state index is 13.4. The van der Waals surface area contributed by atoms with Crippen LogP contribution in [0.3, 0.4) is 0 Å². The highest BCUT2D eigenvalue weighted by atomic mass is 32.1. The first-order chi connectivity index (χ1) is 15.6. The number of imidazole rings is 1. The quantitative estimate of drug-likeness (QED) is 0.471. The number of aromatic amines is 1. The maximum Gasteiger partial charge on any atom is 0.274 e. The van der Waals surface area contributed by atoms with Gasteiger partial charge in [-0.15, -0.1) is 11.3 Å². The van der Waals surface area contributed by atoms with Crippen LogP contribution in [0.25, 0.3) is 16.2 Å². The zero-order valence-electron chi connectivity index (χ0n) is 18.1. The molecule has 0 bridgehead atoms. The third-order valence-corrected chi connectivity index (χ3v) is 6.42. The number of thiazole rings is 1. The zero-order valence-corrected chi connectivity index (χ0v) is 18.9. The number of aromatic nitrogens is 4. The topological polar surface area (TPSA) is 87.5 Å². The second kappa shape index (κ2) is 8.85. The molecule has 1 aliphatic heterocycles. The molecular formula is C23H26N6O2S. The number of amides is 1. The van der Waals surface area contributed by atoms with E-state index in [9.17, 15) is 4.79 Å². The molecule has 1 amide bonds. The van der Waals surface area contributed by atoms with Crippen LogP contribution in [0, 0.1) is 0 Å². The fraction of sp³-hybridized carbons (Fsp3) is 0.348. The van der Waals surface area contributed by atoms with E-state index in [1.807, 2.05) is 59.1 Å². The summed E-state index contributed by atoms with van der Waals surface area (Å²) >= 11 is 1.53. The fourth-order valence-electron chi connectivity index (χ4n) is 4.28. The lowest BCUT2D eigenvalue weighted by atomic mass is 10.1. The van der Waals surface area contributed by atoms with Gasteiger partial charge in [0.1, 0.15) is 0 Å². The van der Waals surface area contributed by atoms with Gasteiger partial charge in [0.2, 0.25) is 0 Å². The molecule has 32 heavy (non-hydrogen) atoms. The Morgan fingerprint density at radius 3 is 2.78 bits per heavy atom. The van der Waals surface area contributed by atoms with Crippen molar-refractivity contribution in [3.8, 4) is 11.3 Å². The Balaban J connectivity index is 1.35. The number of carbonyl (C=O) groups is 1. The van der Waals surface area contributed by atoms with Crippen LogP contribution in [0.15, 0.2) is 48.1 Å². The molecule has 1 aliphatic rings. The minimum Gasteiger partial charge on any atom is -0.372 e. The Morgan fingerprint density at radius 1 is 1.22 bits per heavy atom. The van der Waals surface area contributed by atoms with Crippen LogP contribution in [-0.4, -0.2) is 55.7 Å². The van der Waals surface area contributed by atoms with E-state index in [4.69, 9.17) is 4.74 Å². The lowest BCUT2D eigenvalue weighted by molar-refractivity contribution is -0.0587. The Labute approximate surface area is 190 Å². The van der Waals surface area contributed by atoms with E-state index in [-0.39, 0.29) is 18.1 Å². The Hall–Kier alpha value is -3.01. The molecule has 0 saturated carbocycles. The van der Waals surface area contributed by atoms with Gasteiger partial charge in [-0.05, 0) is 19.4 Å². The van der Waals surface area contributed by atoms with E-state index in [1.54, 1.807) is 0 Å². The van der Waals surface area contributed by atoms with Gasteiger partial charge in [0.15, 0.2) is 10.7 Å². The number of morpholine rings is 1. The van der Waals surface area contributed by atoms with Gasteiger partial charge in [0, 0.05) is 43.3 Å². The minimum absolute atomic E-state index is 0.0190. The second-order valence-electron chi connectivity index (χ2n) is 8.17. The van der Waals surface area contributed by atoms with Crippen molar-refractivity contribution in [3.05, 3.63) is 65.1 Å². The number of hydrogen-bond acceptors (Lipinski definition) is 6. The molecule has 8 nitrogen and oxygen atoms in total. The first-order valence-corrected chi connectivity index (χ1v) is 11.7. The average Bonchev–Trinajstić information content (AvgIpc) is 3.50. The Bertz CT molecular complexity index is 1200. The van der Waals surface area contributed by atoms with Crippen LogP contribution in [0.5, 0.6) is 0 Å². The number of H-pyrrole nitrogens is 1. The number of benzene rings is 1. The van der Waals surface area contributed by atoms with E-state index in [0.29, 0.717) is 31.9 Å². The van der Waals surface area contributed by atoms with Gasteiger partial charge >= 0.3 is 0 Å². The largest absolute Gasteiger partial charge is 0.372 e. The van der Waals surface area contributed by atoms with Crippen molar-refractivity contribution < 1.29 is 9.53 Å². The highest BCUT2D eigenvalue weighted by Gasteiger charge is 2.30. The molecule has 166 valence electrons. The minimum atomic E-state index is -0.0343. The summed E-state index contributed by atoms with van der Waals surface area (Å²) in [6, 6.07) is 10.1. The monoisotopic (exact) mass is 450 g/mol. The van der Waals surface area contributed by atoms with Crippen molar-refractivity contribution in [2.45, 2.75) is 39.1 Å². The lowest BCUT2D eigenvalue weighted by Gasteiger charge is -2.35. The van der Waals surface area contributed by atoms with Gasteiger partial charge in [0.25, 0.3) is 5.91 Å². The summed E-state index contributed by atoms with van der Waals surface area (Å²) in [6.07, 6.45) is 3.85. The Kier molecular flexibility index (Phi) is 5.77. The van der Waals surface area contributed by atoms with Crippen LogP contribution in [-0.2, 0) is 17.8 Å². The third kappa shape index (κ3) is 4.06. The predicted molar refractivity (Wildman–Crippen MR) is 124 cm³/mol. The molecule has 2 N–H and O–H groups in total. The summed E-state index contributed by atoms with van der Waals surface area (Å²) in [6.45, 7) is 6.30. The zero-order chi connectivity index (χ0) is 22.1.